The molecule has 0 bridgehead atoms. The highest BCUT2D eigenvalue weighted by Gasteiger charge is 2.31. The second kappa shape index (κ2) is 5.49. The summed E-state index contributed by atoms with van der Waals surface area (Å²) >= 11 is 0. The lowest BCUT2D eigenvalue weighted by Gasteiger charge is -2.25. The van der Waals surface area contributed by atoms with Gasteiger partial charge in [0, 0.05) is 18.6 Å². The summed E-state index contributed by atoms with van der Waals surface area (Å²) in [7, 11) is 0. The van der Waals surface area contributed by atoms with E-state index in [2.05, 4.69) is 25.9 Å². The van der Waals surface area contributed by atoms with E-state index in [0.29, 0.717) is 18.1 Å². The van der Waals surface area contributed by atoms with Crippen molar-refractivity contribution in [2.75, 3.05) is 6.61 Å². The molecule has 1 fully saturated rings. The van der Waals surface area contributed by atoms with E-state index in [1.165, 1.54) is 5.57 Å². The Morgan fingerprint density at radius 3 is 2.86 bits per heavy atom. The van der Waals surface area contributed by atoms with Crippen LogP contribution in [0.1, 0.15) is 33.1 Å². The van der Waals surface area contributed by atoms with Crippen LogP contribution in [0.2, 0.25) is 0 Å². The minimum Gasteiger partial charge on any atom is -0.378 e. The predicted molar refractivity (Wildman–Crippen MR) is 58.7 cm³/mol. The van der Waals surface area contributed by atoms with Crippen molar-refractivity contribution < 1.29 is 4.74 Å². The van der Waals surface area contributed by atoms with Crippen molar-refractivity contribution in [3.63, 3.8) is 0 Å². The second-order valence-corrected chi connectivity index (χ2v) is 4.11. The lowest BCUT2D eigenvalue weighted by Crippen LogP contribution is -2.43. The molecule has 3 nitrogen and oxygen atoms in total. The van der Waals surface area contributed by atoms with Crippen molar-refractivity contribution in [3.8, 4) is 0 Å². The van der Waals surface area contributed by atoms with Crippen molar-refractivity contribution in [3.05, 3.63) is 12.2 Å². The first-order valence-electron chi connectivity index (χ1n) is 5.43. The quantitative estimate of drug-likeness (QED) is 0.401. The van der Waals surface area contributed by atoms with Gasteiger partial charge >= 0.3 is 0 Å². The summed E-state index contributed by atoms with van der Waals surface area (Å²) in [5.74, 6) is 6.10. The molecule has 0 aliphatic carbocycles. The van der Waals surface area contributed by atoms with E-state index in [1.807, 2.05) is 0 Å². The van der Waals surface area contributed by atoms with Gasteiger partial charge in [-0.15, -0.1) is 0 Å². The maximum absolute atomic E-state index is 5.57. The fraction of sp³-hybridized carbons (Fsp3) is 0.818. The number of nitrogens with one attached hydrogen (secondary N) is 1. The van der Waals surface area contributed by atoms with E-state index in [9.17, 15) is 0 Å². The maximum Gasteiger partial charge on any atom is 0.0591 e. The van der Waals surface area contributed by atoms with Gasteiger partial charge in [-0.05, 0) is 26.2 Å². The van der Waals surface area contributed by atoms with E-state index in [1.54, 1.807) is 0 Å². The molecule has 3 atom stereocenters. The van der Waals surface area contributed by atoms with Gasteiger partial charge in [-0.25, -0.2) is 0 Å². The normalized spacial score (nSPS) is 29.1. The molecule has 3 unspecified atom stereocenters. The largest absolute Gasteiger partial charge is 0.378 e. The fourth-order valence-electron chi connectivity index (χ4n) is 2.07. The van der Waals surface area contributed by atoms with Gasteiger partial charge < -0.3 is 4.74 Å². The van der Waals surface area contributed by atoms with Crippen LogP contribution in [0.3, 0.4) is 0 Å². The number of hydrazine groups is 1. The van der Waals surface area contributed by atoms with Crippen LogP contribution in [0.4, 0.5) is 0 Å². The van der Waals surface area contributed by atoms with Crippen molar-refractivity contribution in [2.24, 2.45) is 11.8 Å². The summed E-state index contributed by atoms with van der Waals surface area (Å²) in [6, 6.07) is 0.319. The van der Waals surface area contributed by atoms with Crippen LogP contribution in [0.5, 0.6) is 0 Å². The lowest BCUT2D eigenvalue weighted by atomic mass is 9.89. The van der Waals surface area contributed by atoms with Gasteiger partial charge in [0.2, 0.25) is 0 Å². The van der Waals surface area contributed by atoms with Crippen LogP contribution in [0, 0.1) is 5.92 Å². The summed E-state index contributed by atoms with van der Waals surface area (Å²) in [5, 5.41) is 0. The molecule has 82 valence electrons. The number of hydrogen-bond acceptors (Lipinski definition) is 3. The van der Waals surface area contributed by atoms with Crippen molar-refractivity contribution >= 4 is 0 Å². The zero-order valence-electron chi connectivity index (χ0n) is 9.25. The Balaban J connectivity index is 2.48. The molecule has 0 radical (unpaired) electrons. The maximum atomic E-state index is 5.57. The first-order valence-corrected chi connectivity index (χ1v) is 5.43. The average Bonchev–Trinajstić information content (AvgIpc) is 2.60. The molecule has 0 aromatic heterocycles. The number of ether oxygens (including phenoxy) is 1. The van der Waals surface area contributed by atoms with Gasteiger partial charge in [-0.1, -0.05) is 19.1 Å². The Labute approximate surface area is 86.7 Å². The highest BCUT2D eigenvalue weighted by molar-refractivity contribution is 4.99. The van der Waals surface area contributed by atoms with Crippen molar-refractivity contribution in [1.29, 1.82) is 0 Å². The molecular formula is C11H22N2O. The van der Waals surface area contributed by atoms with Gasteiger partial charge in [-0.3, -0.25) is 11.3 Å². The van der Waals surface area contributed by atoms with Gasteiger partial charge in [0.05, 0.1) is 6.10 Å². The molecule has 3 heteroatoms. The standard InChI is InChI=1S/C11H22N2O/c1-4-8(2)7-11(13-12)10-5-6-14-9(10)3/h9-11,13H,2,4-7,12H2,1,3H3. The summed E-state index contributed by atoms with van der Waals surface area (Å²) in [5.41, 5.74) is 4.16. The van der Waals surface area contributed by atoms with Gasteiger partial charge in [0.25, 0.3) is 0 Å². The molecule has 14 heavy (non-hydrogen) atoms. The summed E-state index contributed by atoms with van der Waals surface area (Å²) in [6.45, 7) is 9.14. The second-order valence-electron chi connectivity index (χ2n) is 4.11. The number of nitrogens with two attached hydrogens (primary N) is 1. The van der Waals surface area contributed by atoms with E-state index >= 15 is 0 Å². The van der Waals surface area contributed by atoms with E-state index < -0.39 is 0 Å². The van der Waals surface area contributed by atoms with E-state index in [-0.39, 0.29) is 0 Å². The van der Waals surface area contributed by atoms with Crippen LogP contribution in [-0.2, 0) is 4.74 Å². The fourth-order valence-corrected chi connectivity index (χ4v) is 2.07. The SMILES string of the molecule is C=C(CC)CC(NN)C1CCOC1C. The highest BCUT2D eigenvalue weighted by Crippen LogP contribution is 2.26. The molecule has 0 aromatic carbocycles. The zero-order chi connectivity index (χ0) is 10.6. The summed E-state index contributed by atoms with van der Waals surface area (Å²) < 4.78 is 5.54. The third-order valence-corrected chi connectivity index (χ3v) is 3.17. The van der Waals surface area contributed by atoms with Gasteiger partial charge in [-0.2, -0.15) is 0 Å². The Morgan fingerprint density at radius 1 is 1.71 bits per heavy atom. The van der Waals surface area contributed by atoms with Crippen molar-refractivity contribution in [2.45, 2.75) is 45.3 Å². The smallest absolute Gasteiger partial charge is 0.0591 e. The Morgan fingerprint density at radius 2 is 2.43 bits per heavy atom. The van der Waals surface area contributed by atoms with Gasteiger partial charge in [0.15, 0.2) is 0 Å². The minimum atomic E-state index is 0.319. The molecule has 1 saturated heterocycles. The molecule has 0 amide bonds. The van der Waals surface area contributed by atoms with Crippen LogP contribution in [0.15, 0.2) is 12.2 Å². The van der Waals surface area contributed by atoms with Crippen LogP contribution in [-0.4, -0.2) is 18.8 Å². The summed E-state index contributed by atoms with van der Waals surface area (Å²) in [6.07, 6.45) is 3.42. The molecule has 3 N–H and O–H groups in total. The molecule has 1 aliphatic rings. The van der Waals surface area contributed by atoms with E-state index in [0.717, 1.165) is 25.9 Å². The predicted octanol–water partition coefficient (Wildman–Crippen LogP) is 1.60. The number of rotatable bonds is 5. The molecule has 1 aliphatic heterocycles. The van der Waals surface area contributed by atoms with Gasteiger partial charge in [0.1, 0.15) is 0 Å². The molecule has 0 aromatic rings. The molecule has 1 heterocycles. The zero-order valence-corrected chi connectivity index (χ0v) is 9.25. The third kappa shape index (κ3) is 2.80. The van der Waals surface area contributed by atoms with Crippen molar-refractivity contribution in [1.82, 2.24) is 5.43 Å². The van der Waals surface area contributed by atoms with Crippen LogP contribution in [0.25, 0.3) is 0 Å². The van der Waals surface area contributed by atoms with E-state index in [4.69, 9.17) is 10.6 Å². The minimum absolute atomic E-state index is 0.319. The molecule has 0 saturated carbocycles. The average molecular weight is 198 g/mol. The monoisotopic (exact) mass is 198 g/mol. The first kappa shape index (κ1) is 11.7. The molecule has 0 spiro atoms. The summed E-state index contributed by atoms with van der Waals surface area (Å²) in [4.78, 5) is 0. The first-order chi connectivity index (χ1) is 6.69. The lowest BCUT2D eigenvalue weighted by molar-refractivity contribution is 0.0953. The third-order valence-electron chi connectivity index (χ3n) is 3.17. The Kier molecular flexibility index (Phi) is 4.58. The van der Waals surface area contributed by atoms with Crippen LogP contribution < -0.4 is 11.3 Å². The topological polar surface area (TPSA) is 47.3 Å². The van der Waals surface area contributed by atoms with Crippen LogP contribution >= 0.6 is 0 Å². The Bertz CT molecular complexity index is 194. The Hall–Kier alpha value is -0.380. The molecular weight excluding hydrogens is 176 g/mol. The number of hydrogen-bond donors (Lipinski definition) is 2. The highest BCUT2D eigenvalue weighted by atomic mass is 16.5. The molecule has 1 rings (SSSR count).